The van der Waals surface area contributed by atoms with Crippen LogP contribution in [0.1, 0.15) is 32.4 Å². The summed E-state index contributed by atoms with van der Waals surface area (Å²) >= 11 is 0. The molecular weight excluding hydrogens is 267 g/mol. The summed E-state index contributed by atoms with van der Waals surface area (Å²) < 4.78 is 27.9. The lowest BCUT2D eigenvalue weighted by Crippen LogP contribution is -2.06. The smallest absolute Gasteiger partial charge is 0.367 e. The van der Waals surface area contributed by atoms with Gasteiger partial charge in [0.05, 0.1) is 19.3 Å². The molecule has 1 aromatic carbocycles. The fourth-order valence-electron chi connectivity index (χ4n) is 1.52. The van der Waals surface area contributed by atoms with E-state index in [1.807, 2.05) is 0 Å². The summed E-state index contributed by atoms with van der Waals surface area (Å²) in [5, 5.41) is 9.48. The summed E-state index contributed by atoms with van der Waals surface area (Å²) in [7, 11) is -3.21. The van der Waals surface area contributed by atoms with Crippen LogP contribution in [0.5, 0.6) is 5.75 Å². The van der Waals surface area contributed by atoms with Gasteiger partial charge in [0.15, 0.2) is 6.35 Å². The van der Waals surface area contributed by atoms with E-state index in [1.165, 1.54) is 0 Å². The van der Waals surface area contributed by atoms with Crippen molar-refractivity contribution in [3.05, 3.63) is 29.8 Å². The van der Waals surface area contributed by atoms with Gasteiger partial charge in [-0.15, -0.1) is 0 Å². The largest absolute Gasteiger partial charge is 0.481 e. The molecule has 0 saturated carbocycles. The second-order valence-corrected chi connectivity index (χ2v) is 5.96. The van der Waals surface area contributed by atoms with E-state index in [2.05, 4.69) is 0 Å². The van der Waals surface area contributed by atoms with E-state index in [4.69, 9.17) is 13.8 Å². The molecule has 0 bridgehead atoms. The summed E-state index contributed by atoms with van der Waals surface area (Å²) in [5.41, 5.74) is 0.736. The second kappa shape index (κ2) is 7.65. The molecule has 1 unspecified atom stereocenters. The number of hydrogen-bond acceptors (Lipinski definition) is 5. The Hall–Kier alpha value is -0.870. The molecule has 19 heavy (non-hydrogen) atoms. The molecular formula is C13H21O5P. The first-order valence-electron chi connectivity index (χ1n) is 6.29. The van der Waals surface area contributed by atoms with Gasteiger partial charge >= 0.3 is 7.60 Å². The molecule has 0 aliphatic rings. The minimum atomic E-state index is -3.21. The van der Waals surface area contributed by atoms with Crippen molar-refractivity contribution >= 4 is 7.60 Å². The molecule has 0 fully saturated rings. The Morgan fingerprint density at radius 3 is 2.42 bits per heavy atom. The number of aliphatic hydroxyl groups excluding tert-OH is 1. The summed E-state index contributed by atoms with van der Waals surface area (Å²) in [4.78, 5) is 0. The van der Waals surface area contributed by atoms with Crippen molar-refractivity contribution in [2.45, 2.75) is 26.9 Å². The number of benzene rings is 1. The molecule has 0 aliphatic heterocycles. The molecule has 6 heteroatoms. The van der Waals surface area contributed by atoms with E-state index in [1.54, 1.807) is 45.0 Å². The van der Waals surface area contributed by atoms with Gasteiger partial charge in [-0.05, 0) is 38.5 Å². The highest BCUT2D eigenvalue weighted by atomic mass is 31.2. The van der Waals surface area contributed by atoms with Gasteiger partial charge in [-0.2, -0.15) is 0 Å². The van der Waals surface area contributed by atoms with Crippen LogP contribution >= 0.6 is 7.60 Å². The van der Waals surface area contributed by atoms with Crippen LogP contribution in [0, 0.1) is 0 Å². The Morgan fingerprint density at radius 1 is 1.26 bits per heavy atom. The molecule has 0 amide bonds. The first kappa shape index (κ1) is 16.2. The Kier molecular flexibility index (Phi) is 6.52. The van der Waals surface area contributed by atoms with Crippen LogP contribution in [0.15, 0.2) is 24.3 Å². The molecule has 0 saturated heterocycles. The van der Waals surface area contributed by atoms with Crippen molar-refractivity contribution in [3.63, 3.8) is 0 Å². The molecule has 0 aromatic heterocycles. The van der Waals surface area contributed by atoms with Crippen LogP contribution in [0.3, 0.4) is 0 Å². The zero-order chi connectivity index (χ0) is 14.3. The normalized spacial score (nSPS) is 13.3. The molecule has 1 aromatic rings. The zero-order valence-corrected chi connectivity index (χ0v) is 12.4. The second-order valence-electron chi connectivity index (χ2n) is 3.97. The highest BCUT2D eigenvalue weighted by Crippen LogP contribution is 2.47. The molecule has 0 heterocycles. The van der Waals surface area contributed by atoms with Crippen LogP contribution in [0.2, 0.25) is 0 Å². The van der Waals surface area contributed by atoms with Crippen molar-refractivity contribution in [3.8, 4) is 5.75 Å². The first-order chi connectivity index (χ1) is 9.00. The quantitative estimate of drug-likeness (QED) is 0.743. The maximum Gasteiger partial charge on any atom is 0.367 e. The minimum Gasteiger partial charge on any atom is -0.481 e. The third-order valence-corrected chi connectivity index (χ3v) is 4.13. The monoisotopic (exact) mass is 288 g/mol. The standard InChI is InChI=1S/C13H21O5P/c1-4-17-19(15,18-5-2)10-16-13-8-6-7-12(9-13)11(3)14/h6-9,11,14H,4-5,10H2,1-3H3. The van der Waals surface area contributed by atoms with Crippen molar-refractivity contribution in [2.24, 2.45) is 0 Å². The summed E-state index contributed by atoms with van der Waals surface area (Å²) in [6.07, 6.45) is -0.716. The maximum absolute atomic E-state index is 12.2. The van der Waals surface area contributed by atoms with Gasteiger partial charge in [-0.1, -0.05) is 12.1 Å². The van der Waals surface area contributed by atoms with Gasteiger partial charge < -0.3 is 18.9 Å². The number of hydrogen-bond donors (Lipinski definition) is 1. The molecule has 1 atom stereocenters. The van der Waals surface area contributed by atoms with Crippen molar-refractivity contribution in [2.75, 3.05) is 19.6 Å². The van der Waals surface area contributed by atoms with Gasteiger partial charge in [0, 0.05) is 0 Å². The van der Waals surface area contributed by atoms with E-state index in [0.717, 1.165) is 5.56 Å². The molecule has 1 rings (SSSR count). The van der Waals surface area contributed by atoms with Gasteiger partial charge in [0.1, 0.15) is 5.75 Å². The minimum absolute atomic E-state index is 0.141. The highest BCUT2D eigenvalue weighted by Gasteiger charge is 2.24. The third kappa shape index (κ3) is 5.33. The van der Waals surface area contributed by atoms with Crippen LogP contribution < -0.4 is 4.74 Å². The fraction of sp³-hybridized carbons (Fsp3) is 0.538. The Morgan fingerprint density at radius 2 is 1.89 bits per heavy atom. The van der Waals surface area contributed by atoms with Crippen LogP contribution in [-0.2, 0) is 13.6 Å². The Balaban J connectivity index is 2.69. The molecule has 0 aliphatic carbocycles. The first-order valence-corrected chi connectivity index (χ1v) is 8.02. The van der Waals surface area contributed by atoms with Crippen LogP contribution in [0.25, 0.3) is 0 Å². The summed E-state index contributed by atoms with van der Waals surface area (Å²) in [5.74, 6) is 0.526. The number of ether oxygens (including phenoxy) is 1. The summed E-state index contributed by atoms with van der Waals surface area (Å²) in [6, 6.07) is 6.99. The van der Waals surface area contributed by atoms with Crippen LogP contribution in [0.4, 0.5) is 0 Å². The average molecular weight is 288 g/mol. The lowest BCUT2D eigenvalue weighted by atomic mass is 10.1. The van der Waals surface area contributed by atoms with E-state index in [-0.39, 0.29) is 6.35 Å². The van der Waals surface area contributed by atoms with E-state index in [0.29, 0.717) is 19.0 Å². The zero-order valence-electron chi connectivity index (χ0n) is 11.5. The predicted octanol–water partition coefficient (Wildman–Crippen LogP) is 3.34. The highest BCUT2D eigenvalue weighted by molar-refractivity contribution is 7.53. The topological polar surface area (TPSA) is 65.0 Å². The molecule has 1 N–H and O–H groups in total. The molecule has 108 valence electrons. The number of rotatable bonds is 8. The van der Waals surface area contributed by atoms with E-state index in [9.17, 15) is 9.67 Å². The SMILES string of the molecule is CCOP(=O)(COc1cccc(C(C)O)c1)OCC. The van der Waals surface area contributed by atoms with Crippen molar-refractivity contribution in [1.82, 2.24) is 0 Å². The predicted molar refractivity (Wildman–Crippen MR) is 73.4 cm³/mol. The third-order valence-electron chi connectivity index (χ3n) is 2.38. The van der Waals surface area contributed by atoms with Crippen molar-refractivity contribution in [1.29, 1.82) is 0 Å². The van der Waals surface area contributed by atoms with Gasteiger partial charge in [0.25, 0.3) is 0 Å². The fourth-order valence-corrected chi connectivity index (χ4v) is 2.84. The van der Waals surface area contributed by atoms with E-state index < -0.39 is 13.7 Å². The average Bonchev–Trinajstić information content (AvgIpc) is 2.37. The molecule has 0 radical (unpaired) electrons. The Bertz CT molecular complexity index is 423. The maximum atomic E-state index is 12.2. The Labute approximate surface area is 114 Å². The van der Waals surface area contributed by atoms with Crippen LogP contribution in [-0.4, -0.2) is 24.7 Å². The lowest BCUT2D eigenvalue weighted by molar-refractivity contribution is 0.194. The van der Waals surface area contributed by atoms with Gasteiger partial charge in [0.2, 0.25) is 0 Å². The summed E-state index contributed by atoms with van der Waals surface area (Å²) in [6.45, 7) is 5.77. The van der Waals surface area contributed by atoms with E-state index >= 15 is 0 Å². The van der Waals surface area contributed by atoms with Gasteiger partial charge in [-0.3, -0.25) is 4.57 Å². The van der Waals surface area contributed by atoms with Crippen molar-refractivity contribution < 1.29 is 23.5 Å². The molecule has 5 nitrogen and oxygen atoms in total. The lowest BCUT2D eigenvalue weighted by Gasteiger charge is -2.17. The number of aliphatic hydroxyl groups is 1. The molecule has 0 spiro atoms. The van der Waals surface area contributed by atoms with Gasteiger partial charge in [-0.25, -0.2) is 0 Å².